The van der Waals surface area contributed by atoms with Crippen molar-refractivity contribution in [2.45, 2.75) is 30.7 Å². The lowest BCUT2D eigenvalue weighted by molar-refractivity contribution is -0.144. The fourth-order valence-corrected chi connectivity index (χ4v) is 4.02. The first-order valence-corrected chi connectivity index (χ1v) is 8.83. The molecule has 1 atom stereocenters. The van der Waals surface area contributed by atoms with Crippen molar-refractivity contribution in [2.24, 2.45) is 0 Å². The normalized spacial score (nSPS) is 18.9. The van der Waals surface area contributed by atoms with Crippen molar-refractivity contribution < 1.29 is 22.7 Å². The van der Waals surface area contributed by atoms with Crippen LogP contribution in [0.2, 0.25) is 0 Å². The smallest absolute Gasteiger partial charge is 0.324 e. The second-order valence-corrected chi connectivity index (χ2v) is 7.25. The lowest BCUT2D eigenvalue weighted by atomic mass is 10.2. The van der Waals surface area contributed by atoms with Crippen LogP contribution in [0.3, 0.4) is 0 Å². The van der Waals surface area contributed by atoms with Crippen LogP contribution in [0, 0.1) is 0 Å². The number of ether oxygens (including phenoxy) is 2. The monoisotopic (exact) mass is 339 g/mol. The molecule has 1 heterocycles. The summed E-state index contributed by atoms with van der Waals surface area (Å²) in [5, 5.41) is 0. The molecule has 1 fully saturated rings. The average molecular weight is 339 g/mol. The number of rotatable bonds is 6. The molecule has 0 aromatic heterocycles. The lowest BCUT2D eigenvalue weighted by Gasteiger charge is -2.21. The van der Waals surface area contributed by atoms with Gasteiger partial charge in [-0.3, -0.25) is 4.79 Å². The minimum atomic E-state index is -3.80. The molecular weight excluding hydrogens is 318 g/mol. The summed E-state index contributed by atoms with van der Waals surface area (Å²) in [6.07, 6.45) is 1.15. The SMILES string of the molecule is C=C1C[C@H](C(=O)OC)N(S(=O)(=O)c2ccc(OCCC)cc2)C1. The molecule has 0 N–H and O–H groups in total. The Morgan fingerprint density at radius 3 is 2.57 bits per heavy atom. The quantitative estimate of drug-likeness (QED) is 0.585. The fraction of sp³-hybridized carbons (Fsp3) is 0.438. The van der Waals surface area contributed by atoms with Crippen molar-refractivity contribution in [1.82, 2.24) is 4.31 Å². The molecule has 2 rings (SSSR count). The third-order valence-corrected chi connectivity index (χ3v) is 5.45. The molecule has 0 bridgehead atoms. The van der Waals surface area contributed by atoms with Gasteiger partial charge in [0.15, 0.2) is 0 Å². The fourth-order valence-electron chi connectivity index (χ4n) is 2.42. The molecule has 126 valence electrons. The standard InChI is InChI=1S/C16H21NO5S/c1-4-9-22-13-5-7-14(8-6-13)23(19,20)17-11-12(2)10-15(17)16(18)21-3/h5-8,15H,2,4,9-11H2,1,3H3/t15-/m1/s1. The van der Waals surface area contributed by atoms with Crippen molar-refractivity contribution in [2.75, 3.05) is 20.3 Å². The summed E-state index contributed by atoms with van der Waals surface area (Å²) in [5.74, 6) is 0.0382. The van der Waals surface area contributed by atoms with Crippen molar-refractivity contribution >= 4 is 16.0 Å². The minimum Gasteiger partial charge on any atom is -0.494 e. The first-order valence-electron chi connectivity index (χ1n) is 7.39. The number of sulfonamides is 1. The van der Waals surface area contributed by atoms with Gasteiger partial charge >= 0.3 is 5.97 Å². The molecule has 0 saturated carbocycles. The van der Waals surface area contributed by atoms with Gasteiger partial charge in [0.05, 0.1) is 18.6 Å². The Bertz CT molecular complexity index is 681. The van der Waals surface area contributed by atoms with Gasteiger partial charge < -0.3 is 9.47 Å². The summed E-state index contributed by atoms with van der Waals surface area (Å²) >= 11 is 0. The van der Waals surface area contributed by atoms with Crippen molar-refractivity contribution in [3.63, 3.8) is 0 Å². The Labute approximate surface area is 136 Å². The Hall–Kier alpha value is -1.86. The molecule has 1 aliphatic rings. The van der Waals surface area contributed by atoms with Crippen LogP contribution in [0.1, 0.15) is 19.8 Å². The van der Waals surface area contributed by atoms with E-state index in [0.29, 0.717) is 17.9 Å². The van der Waals surface area contributed by atoms with Gasteiger partial charge in [0.2, 0.25) is 10.0 Å². The average Bonchev–Trinajstić information content (AvgIpc) is 2.95. The Morgan fingerprint density at radius 1 is 1.35 bits per heavy atom. The summed E-state index contributed by atoms with van der Waals surface area (Å²) in [6, 6.07) is 5.33. The summed E-state index contributed by atoms with van der Waals surface area (Å²) in [7, 11) is -2.55. The van der Waals surface area contributed by atoms with E-state index in [1.807, 2.05) is 6.92 Å². The Morgan fingerprint density at radius 2 is 2.00 bits per heavy atom. The lowest BCUT2D eigenvalue weighted by Crippen LogP contribution is -2.41. The number of hydrogen-bond donors (Lipinski definition) is 0. The molecule has 0 amide bonds. The van der Waals surface area contributed by atoms with Crippen LogP contribution in [0.5, 0.6) is 5.75 Å². The molecule has 0 spiro atoms. The zero-order valence-electron chi connectivity index (χ0n) is 13.3. The van der Waals surface area contributed by atoms with Crippen molar-refractivity contribution in [3.05, 3.63) is 36.4 Å². The number of hydrogen-bond acceptors (Lipinski definition) is 5. The van der Waals surface area contributed by atoms with E-state index in [2.05, 4.69) is 6.58 Å². The molecule has 1 aromatic rings. The van der Waals surface area contributed by atoms with Gasteiger partial charge in [-0.05, 0) is 37.1 Å². The van der Waals surface area contributed by atoms with Crippen LogP contribution in [0.15, 0.2) is 41.3 Å². The summed E-state index contributed by atoms with van der Waals surface area (Å²) in [4.78, 5) is 11.9. The molecule has 1 saturated heterocycles. The van der Waals surface area contributed by atoms with Crippen LogP contribution < -0.4 is 4.74 Å². The summed E-state index contributed by atoms with van der Waals surface area (Å²) in [5.41, 5.74) is 0.687. The van der Waals surface area contributed by atoms with E-state index in [1.165, 1.54) is 19.2 Å². The van der Waals surface area contributed by atoms with Crippen LogP contribution in [0.25, 0.3) is 0 Å². The van der Waals surface area contributed by atoms with E-state index in [1.54, 1.807) is 12.1 Å². The number of esters is 1. The largest absolute Gasteiger partial charge is 0.494 e. The molecular formula is C16H21NO5S. The van der Waals surface area contributed by atoms with E-state index < -0.39 is 22.0 Å². The zero-order chi connectivity index (χ0) is 17.0. The van der Waals surface area contributed by atoms with Crippen LogP contribution >= 0.6 is 0 Å². The van der Waals surface area contributed by atoms with E-state index >= 15 is 0 Å². The predicted molar refractivity (Wildman–Crippen MR) is 85.7 cm³/mol. The van der Waals surface area contributed by atoms with Crippen LogP contribution in [-0.4, -0.2) is 45.0 Å². The molecule has 1 aliphatic heterocycles. The van der Waals surface area contributed by atoms with Crippen molar-refractivity contribution in [3.8, 4) is 5.75 Å². The zero-order valence-corrected chi connectivity index (χ0v) is 14.1. The third kappa shape index (κ3) is 3.73. The molecule has 0 unspecified atom stereocenters. The van der Waals surface area contributed by atoms with E-state index in [-0.39, 0.29) is 17.9 Å². The number of nitrogens with zero attached hydrogens (tertiary/aromatic N) is 1. The molecule has 0 aliphatic carbocycles. The second-order valence-electron chi connectivity index (χ2n) is 5.36. The Kier molecular flexibility index (Phi) is 5.43. The van der Waals surface area contributed by atoms with Crippen LogP contribution in [-0.2, 0) is 19.6 Å². The summed E-state index contributed by atoms with van der Waals surface area (Å²) < 4.78 is 36.8. The second kappa shape index (κ2) is 7.14. The molecule has 0 radical (unpaired) electrons. The highest BCUT2D eigenvalue weighted by Gasteiger charge is 2.41. The molecule has 7 heteroatoms. The highest BCUT2D eigenvalue weighted by Crippen LogP contribution is 2.29. The first-order chi connectivity index (χ1) is 10.9. The predicted octanol–water partition coefficient (Wildman–Crippen LogP) is 1.97. The van der Waals surface area contributed by atoms with Gasteiger partial charge in [-0.15, -0.1) is 0 Å². The molecule has 1 aromatic carbocycles. The van der Waals surface area contributed by atoms with Gasteiger partial charge in [0.25, 0.3) is 0 Å². The van der Waals surface area contributed by atoms with Gasteiger partial charge in [-0.25, -0.2) is 8.42 Å². The first kappa shape index (κ1) is 17.5. The van der Waals surface area contributed by atoms with Gasteiger partial charge in [0.1, 0.15) is 11.8 Å². The highest BCUT2D eigenvalue weighted by atomic mass is 32.2. The minimum absolute atomic E-state index is 0.116. The highest BCUT2D eigenvalue weighted by molar-refractivity contribution is 7.89. The number of methoxy groups -OCH3 is 1. The molecule has 6 nitrogen and oxygen atoms in total. The van der Waals surface area contributed by atoms with E-state index in [9.17, 15) is 13.2 Å². The Balaban J connectivity index is 2.26. The number of carbonyl (C=O) groups is 1. The molecule has 23 heavy (non-hydrogen) atoms. The van der Waals surface area contributed by atoms with Gasteiger partial charge in [-0.1, -0.05) is 19.1 Å². The van der Waals surface area contributed by atoms with Crippen LogP contribution in [0.4, 0.5) is 0 Å². The van der Waals surface area contributed by atoms with E-state index in [4.69, 9.17) is 9.47 Å². The maximum absolute atomic E-state index is 12.8. The van der Waals surface area contributed by atoms with Crippen molar-refractivity contribution in [1.29, 1.82) is 0 Å². The topological polar surface area (TPSA) is 72.9 Å². The number of benzene rings is 1. The maximum atomic E-state index is 12.8. The third-order valence-electron chi connectivity index (χ3n) is 3.59. The van der Waals surface area contributed by atoms with Gasteiger partial charge in [0, 0.05) is 6.54 Å². The maximum Gasteiger partial charge on any atom is 0.324 e. The number of carbonyl (C=O) groups excluding carboxylic acids is 1. The summed E-state index contributed by atoms with van der Waals surface area (Å²) in [6.45, 7) is 6.48. The van der Waals surface area contributed by atoms with Gasteiger partial charge in [-0.2, -0.15) is 4.31 Å². The van der Waals surface area contributed by atoms with E-state index in [0.717, 1.165) is 10.7 Å².